The number of methoxy groups -OCH3 is 2. The summed E-state index contributed by atoms with van der Waals surface area (Å²) in [6, 6.07) is 14.2. The van der Waals surface area contributed by atoms with Gasteiger partial charge >= 0.3 is 12.1 Å². The highest BCUT2D eigenvalue weighted by atomic mass is 32.2. The monoisotopic (exact) mass is 550 g/mol. The van der Waals surface area contributed by atoms with E-state index < -0.39 is 40.3 Å². The zero-order chi connectivity index (χ0) is 28.3. The zero-order valence-corrected chi connectivity index (χ0v) is 23.3. The molecule has 0 aliphatic heterocycles. The first-order chi connectivity index (χ1) is 18.0. The number of alkyl carbamates (subject to hydrolysis) is 1. The molecule has 0 fully saturated rings. The molecule has 11 heteroatoms. The summed E-state index contributed by atoms with van der Waals surface area (Å²) >= 11 is 0. The van der Waals surface area contributed by atoms with E-state index in [2.05, 4.69) is 10.1 Å². The fraction of sp³-hybridized carbons (Fsp3) is 0.481. The predicted octanol–water partition coefficient (Wildman–Crippen LogP) is 2.99. The van der Waals surface area contributed by atoms with Crippen LogP contribution in [0.4, 0.5) is 4.79 Å². The van der Waals surface area contributed by atoms with Crippen molar-refractivity contribution in [2.75, 3.05) is 27.3 Å². The number of sulfonamides is 1. The highest BCUT2D eigenvalue weighted by Crippen LogP contribution is 2.22. The fourth-order valence-corrected chi connectivity index (χ4v) is 5.27. The molecule has 2 aromatic carbocycles. The van der Waals surface area contributed by atoms with Crippen LogP contribution in [0.1, 0.15) is 32.8 Å². The van der Waals surface area contributed by atoms with E-state index in [1.807, 2.05) is 44.2 Å². The van der Waals surface area contributed by atoms with Crippen LogP contribution in [-0.2, 0) is 30.7 Å². The second-order valence-corrected chi connectivity index (χ2v) is 11.0. The Balaban J connectivity index is 2.32. The molecule has 0 heterocycles. The predicted molar refractivity (Wildman–Crippen MR) is 142 cm³/mol. The van der Waals surface area contributed by atoms with E-state index in [1.54, 1.807) is 12.1 Å². The molecule has 0 bridgehead atoms. The summed E-state index contributed by atoms with van der Waals surface area (Å²) in [5.41, 5.74) is 0.810. The summed E-state index contributed by atoms with van der Waals surface area (Å²) in [6.07, 6.45) is -2.47. The summed E-state index contributed by atoms with van der Waals surface area (Å²) in [5, 5.41) is 13.9. The molecule has 0 saturated carbocycles. The molecule has 0 aliphatic rings. The molecule has 0 aliphatic carbocycles. The van der Waals surface area contributed by atoms with Crippen LogP contribution in [-0.4, -0.2) is 75.5 Å². The SMILES string of the molecule is CC[C@@H](C)CN(C[C@@H](O)[C@H](Cc1ccccc1)NC(=O)O[C@H](C)C(=O)OC)S(=O)(=O)c1ccc(OC)cc1. The molecule has 4 atom stereocenters. The molecule has 1 amide bonds. The lowest BCUT2D eigenvalue weighted by atomic mass is 10.0. The van der Waals surface area contributed by atoms with Crippen LogP contribution < -0.4 is 10.1 Å². The third-order valence-corrected chi connectivity index (χ3v) is 8.03. The molecule has 0 radical (unpaired) electrons. The minimum Gasteiger partial charge on any atom is -0.497 e. The number of benzene rings is 2. The molecule has 2 aromatic rings. The van der Waals surface area contributed by atoms with Crippen LogP contribution in [0.3, 0.4) is 0 Å². The Hall–Kier alpha value is -3.15. The van der Waals surface area contributed by atoms with E-state index in [0.717, 1.165) is 12.0 Å². The normalized spacial score (nSPS) is 14.7. The lowest BCUT2D eigenvalue weighted by Gasteiger charge is -2.31. The number of nitrogens with one attached hydrogen (secondary N) is 1. The smallest absolute Gasteiger partial charge is 0.408 e. The second kappa shape index (κ2) is 14.7. The van der Waals surface area contributed by atoms with E-state index >= 15 is 0 Å². The maximum absolute atomic E-state index is 13.6. The summed E-state index contributed by atoms with van der Waals surface area (Å²) in [7, 11) is -1.31. The molecular formula is C27H38N2O8S. The van der Waals surface area contributed by atoms with Gasteiger partial charge in [0.05, 0.1) is 31.3 Å². The van der Waals surface area contributed by atoms with Gasteiger partial charge in [0.1, 0.15) is 5.75 Å². The number of carbonyl (C=O) groups excluding carboxylic acids is 2. The first kappa shape index (κ1) is 31.1. The summed E-state index contributed by atoms with van der Waals surface area (Å²) in [4.78, 5) is 24.3. The average Bonchev–Trinajstić information content (AvgIpc) is 2.92. The number of nitrogens with zero attached hydrogens (tertiary/aromatic N) is 1. The summed E-state index contributed by atoms with van der Waals surface area (Å²) in [5.74, 6) is -0.198. The Morgan fingerprint density at radius 3 is 2.18 bits per heavy atom. The van der Waals surface area contributed by atoms with Crippen LogP contribution in [0.25, 0.3) is 0 Å². The van der Waals surface area contributed by atoms with Crippen LogP contribution in [0.5, 0.6) is 5.75 Å². The Morgan fingerprint density at radius 2 is 1.63 bits per heavy atom. The van der Waals surface area contributed by atoms with Crippen molar-refractivity contribution in [1.29, 1.82) is 0 Å². The van der Waals surface area contributed by atoms with Gasteiger partial charge in [-0.2, -0.15) is 4.31 Å². The molecule has 0 unspecified atom stereocenters. The van der Waals surface area contributed by atoms with Crippen molar-refractivity contribution in [1.82, 2.24) is 9.62 Å². The van der Waals surface area contributed by atoms with E-state index in [4.69, 9.17) is 9.47 Å². The number of esters is 1. The molecule has 2 rings (SSSR count). The van der Waals surface area contributed by atoms with Gasteiger partial charge < -0.3 is 24.6 Å². The standard InChI is InChI=1S/C27H38N2O8S/c1-6-19(2)17-29(38(33,34)23-14-12-22(35-4)13-15-23)18-25(30)24(16-21-10-8-7-9-11-21)28-27(32)37-20(3)26(31)36-5/h7-15,19-20,24-25,30H,6,16-18H2,1-5H3,(H,28,32)/t19-,20-,24+,25-/m1/s1. The van der Waals surface area contributed by atoms with E-state index in [9.17, 15) is 23.1 Å². The number of amides is 1. The number of aliphatic hydroxyl groups is 1. The number of carbonyl (C=O) groups is 2. The molecule has 0 spiro atoms. The first-order valence-corrected chi connectivity index (χ1v) is 13.9. The molecule has 0 saturated heterocycles. The van der Waals surface area contributed by atoms with Crippen molar-refractivity contribution in [2.24, 2.45) is 5.92 Å². The number of hydrogen-bond acceptors (Lipinski definition) is 8. The highest BCUT2D eigenvalue weighted by Gasteiger charge is 2.32. The second-order valence-electron chi connectivity index (χ2n) is 9.09. The number of ether oxygens (including phenoxy) is 3. The maximum atomic E-state index is 13.6. The van der Waals surface area contributed by atoms with Crippen LogP contribution >= 0.6 is 0 Å². The number of rotatable bonds is 14. The third kappa shape index (κ3) is 9.00. The van der Waals surface area contributed by atoms with Gasteiger partial charge in [-0.05, 0) is 49.1 Å². The third-order valence-electron chi connectivity index (χ3n) is 6.18. The van der Waals surface area contributed by atoms with Gasteiger partial charge in [-0.1, -0.05) is 50.6 Å². The van der Waals surface area contributed by atoms with Gasteiger partial charge in [0, 0.05) is 13.1 Å². The Bertz CT molecular complexity index is 1130. The van der Waals surface area contributed by atoms with Gasteiger partial charge in [-0.3, -0.25) is 0 Å². The molecular weight excluding hydrogens is 512 g/mol. The summed E-state index contributed by atoms with van der Waals surface area (Å²) in [6.45, 7) is 5.14. The largest absolute Gasteiger partial charge is 0.497 e. The van der Waals surface area contributed by atoms with Gasteiger partial charge in [0.2, 0.25) is 10.0 Å². The van der Waals surface area contributed by atoms with Crippen molar-refractivity contribution in [3.63, 3.8) is 0 Å². The average molecular weight is 551 g/mol. The lowest BCUT2D eigenvalue weighted by molar-refractivity contribution is -0.149. The molecule has 210 valence electrons. The number of aliphatic hydroxyl groups excluding tert-OH is 1. The summed E-state index contributed by atoms with van der Waals surface area (Å²) < 4.78 is 43.2. The van der Waals surface area contributed by atoms with Crippen molar-refractivity contribution in [2.45, 2.75) is 56.8 Å². The van der Waals surface area contributed by atoms with Gasteiger partial charge in [-0.25, -0.2) is 18.0 Å². The van der Waals surface area contributed by atoms with Crippen LogP contribution in [0, 0.1) is 5.92 Å². The molecule has 38 heavy (non-hydrogen) atoms. The van der Waals surface area contributed by atoms with Crippen molar-refractivity contribution in [3.05, 3.63) is 60.2 Å². The highest BCUT2D eigenvalue weighted by molar-refractivity contribution is 7.89. The van der Waals surface area contributed by atoms with E-state index in [-0.39, 0.29) is 30.3 Å². The van der Waals surface area contributed by atoms with E-state index in [0.29, 0.717) is 5.75 Å². The maximum Gasteiger partial charge on any atom is 0.408 e. The molecule has 0 aromatic heterocycles. The van der Waals surface area contributed by atoms with Gasteiger partial charge in [-0.15, -0.1) is 0 Å². The first-order valence-electron chi connectivity index (χ1n) is 12.4. The number of hydrogen-bond donors (Lipinski definition) is 2. The Labute approximate surface area is 224 Å². The lowest BCUT2D eigenvalue weighted by Crippen LogP contribution is -2.51. The van der Waals surface area contributed by atoms with E-state index in [1.165, 1.54) is 37.6 Å². The minimum atomic E-state index is -3.98. The van der Waals surface area contributed by atoms with Crippen molar-refractivity contribution in [3.8, 4) is 5.75 Å². The van der Waals surface area contributed by atoms with Crippen LogP contribution in [0.2, 0.25) is 0 Å². The van der Waals surface area contributed by atoms with Crippen molar-refractivity contribution < 1.29 is 37.3 Å². The molecule has 2 N–H and O–H groups in total. The van der Waals surface area contributed by atoms with Crippen LogP contribution in [0.15, 0.2) is 59.5 Å². The van der Waals surface area contributed by atoms with Gasteiger partial charge in [0.25, 0.3) is 0 Å². The zero-order valence-electron chi connectivity index (χ0n) is 22.5. The van der Waals surface area contributed by atoms with Gasteiger partial charge in [0.15, 0.2) is 6.10 Å². The molecule has 10 nitrogen and oxygen atoms in total. The fourth-order valence-electron chi connectivity index (χ4n) is 3.69. The minimum absolute atomic E-state index is 0.0154. The quantitative estimate of drug-likeness (QED) is 0.343. The topological polar surface area (TPSA) is 131 Å². The Kier molecular flexibility index (Phi) is 12.0. The Morgan fingerprint density at radius 1 is 1.00 bits per heavy atom. The van der Waals surface area contributed by atoms with Crippen molar-refractivity contribution >= 4 is 22.1 Å².